The third-order valence-electron chi connectivity index (χ3n) is 1.23. The number of hydrogen-bond donors (Lipinski definition) is 3. The van der Waals surface area contributed by atoms with Gasteiger partial charge in [0.25, 0.3) is 6.43 Å². The van der Waals surface area contributed by atoms with Gasteiger partial charge in [0.2, 0.25) is 11.8 Å². The first-order valence-electron chi connectivity index (χ1n) is 3.64. The van der Waals surface area contributed by atoms with Gasteiger partial charge in [-0.3, -0.25) is 0 Å². The van der Waals surface area contributed by atoms with E-state index in [4.69, 9.17) is 11.6 Å². The van der Waals surface area contributed by atoms with E-state index >= 15 is 0 Å². The topological polar surface area (TPSA) is 99.1 Å². The van der Waals surface area contributed by atoms with E-state index < -0.39 is 13.0 Å². The summed E-state index contributed by atoms with van der Waals surface area (Å²) in [6.07, 6.45) is -2.57. The molecule has 1 aromatic rings. The van der Waals surface area contributed by atoms with Gasteiger partial charge in [-0.05, 0) is 0 Å². The number of anilines is 2. The average molecular weight is 205 g/mol. The Morgan fingerprint density at radius 3 is 2.79 bits per heavy atom. The van der Waals surface area contributed by atoms with Crippen molar-refractivity contribution in [1.82, 2.24) is 9.97 Å². The zero-order valence-electron chi connectivity index (χ0n) is 7.08. The minimum atomic E-state index is -2.57. The summed E-state index contributed by atoms with van der Waals surface area (Å²) in [4.78, 5) is 7.21. The van der Waals surface area contributed by atoms with Crippen LogP contribution in [0.25, 0.3) is 0 Å². The van der Waals surface area contributed by atoms with E-state index in [0.29, 0.717) is 0 Å². The molecule has 1 aromatic heterocycles. The number of nitrogen functional groups attached to an aromatic ring is 2. The van der Waals surface area contributed by atoms with Crippen molar-refractivity contribution in [2.75, 3.05) is 17.8 Å². The van der Waals surface area contributed by atoms with Gasteiger partial charge in [-0.25, -0.2) is 14.6 Å². The summed E-state index contributed by atoms with van der Waals surface area (Å²) in [6, 6.07) is 1.26. The second-order valence-corrected chi connectivity index (χ2v) is 2.30. The van der Waals surface area contributed by atoms with Crippen LogP contribution in [0, 0.1) is 0 Å². The van der Waals surface area contributed by atoms with Crippen LogP contribution in [0.3, 0.4) is 0 Å². The Hall–Kier alpha value is -1.70. The molecule has 0 aliphatic carbocycles. The van der Waals surface area contributed by atoms with E-state index in [0.717, 1.165) is 0 Å². The Labute approximate surface area is 78.2 Å². The summed E-state index contributed by atoms with van der Waals surface area (Å²) in [5.74, 6) is 5.08. The minimum Gasteiger partial charge on any atom is -0.471 e. The molecule has 14 heavy (non-hydrogen) atoms. The first-order chi connectivity index (χ1) is 6.61. The molecule has 0 amide bonds. The largest absolute Gasteiger partial charge is 0.471 e. The Bertz CT molecular complexity index is 308. The fourth-order valence-electron chi connectivity index (χ4n) is 0.739. The molecule has 0 fully saturated rings. The summed E-state index contributed by atoms with van der Waals surface area (Å²) in [5.41, 5.74) is 7.45. The summed E-state index contributed by atoms with van der Waals surface area (Å²) in [6.45, 7) is -0.750. The normalized spacial score (nSPS) is 10.3. The number of nitrogens with zero attached hydrogens (tertiary/aromatic N) is 2. The highest BCUT2D eigenvalue weighted by Gasteiger charge is 2.06. The van der Waals surface area contributed by atoms with Crippen LogP contribution in [0.1, 0.15) is 0 Å². The van der Waals surface area contributed by atoms with Gasteiger partial charge in [0.15, 0.2) is 6.61 Å². The third kappa shape index (κ3) is 2.98. The van der Waals surface area contributed by atoms with Crippen molar-refractivity contribution in [3.63, 3.8) is 0 Å². The van der Waals surface area contributed by atoms with Crippen LogP contribution in [0.15, 0.2) is 6.07 Å². The summed E-state index contributed by atoms with van der Waals surface area (Å²) in [5, 5.41) is 0. The first kappa shape index (κ1) is 10.4. The maximum absolute atomic E-state index is 11.8. The highest BCUT2D eigenvalue weighted by atomic mass is 19.3. The monoisotopic (exact) mass is 205 g/mol. The van der Waals surface area contributed by atoms with Crippen LogP contribution in [-0.2, 0) is 0 Å². The smallest absolute Gasteiger partial charge is 0.272 e. The number of hydrazine groups is 1. The number of nitrogens with one attached hydrogen (secondary N) is 1. The second-order valence-electron chi connectivity index (χ2n) is 2.30. The molecule has 1 heterocycles. The number of ether oxygens (including phenoxy) is 1. The number of hydrogen-bond acceptors (Lipinski definition) is 6. The number of aromatic nitrogens is 2. The lowest BCUT2D eigenvalue weighted by Gasteiger charge is -2.06. The molecule has 0 aliphatic heterocycles. The maximum atomic E-state index is 11.8. The van der Waals surface area contributed by atoms with Crippen LogP contribution in [0.4, 0.5) is 20.5 Å². The summed E-state index contributed by atoms with van der Waals surface area (Å²) < 4.78 is 28.1. The second kappa shape index (κ2) is 4.51. The Kier molecular flexibility index (Phi) is 3.35. The number of alkyl halides is 2. The standard InChI is InChI=1S/C6H9F2N5O/c7-3(8)2-14-5-1-4(13-10)11-6(9)12-5/h1,3H,2,10H2,(H3,9,11,12,13). The Morgan fingerprint density at radius 1 is 1.50 bits per heavy atom. The third-order valence-corrected chi connectivity index (χ3v) is 1.23. The molecule has 0 saturated heterocycles. The van der Waals surface area contributed by atoms with Crippen LogP contribution >= 0.6 is 0 Å². The van der Waals surface area contributed by atoms with Gasteiger partial charge < -0.3 is 15.9 Å². The van der Waals surface area contributed by atoms with Crippen molar-refractivity contribution in [3.8, 4) is 5.88 Å². The predicted molar refractivity (Wildman–Crippen MR) is 45.8 cm³/mol. The van der Waals surface area contributed by atoms with E-state index in [-0.39, 0.29) is 17.6 Å². The molecule has 1 rings (SSSR count). The molecule has 0 bridgehead atoms. The number of rotatable bonds is 4. The van der Waals surface area contributed by atoms with E-state index in [1.807, 2.05) is 0 Å². The van der Waals surface area contributed by atoms with Crippen LogP contribution in [0.2, 0.25) is 0 Å². The van der Waals surface area contributed by atoms with Crippen molar-refractivity contribution < 1.29 is 13.5 Å². The highest BCUT2D eigenvalue weighted by Crippen LogP contribution is 2.14. The zero-order valence-corrected chi connectivity index (χ0v) is 7.08. The molecular weight excluding hydrogens is 196 g/mol. The molecule has 0 spiro atoms. The predicted octanol–water partition coefficient (Wildman–Crippen LogP) is -0.0117. The Morgan fingerprint density at radius 2 is 2.21 bits per heavy atom. The number of halogens is 2. The number of nitrogens with two attached hydrogens (primary N) is 2. The lowest BCUT2D eigenvalue weighted by Crippen LogP contribution is -2.13. The molecule has 0 atom stereocenters. The zero-order chi connectivity index (χ0) is 10.6. The molecule has 0 aromatic carbocycles. The lowest BCUT2D eigenvalue weighted by molar-refractivity contribution is 0.0796. The Balaban J connectivity index is 2.71. The lowest BCUT2D eigenvalue weighted by atomic mass is 10.5. The van der Waals surface area contributed by atoms with Crippen molar-refractivity contribution in [2.45, 2.75) is 6.43 Å². The molecule has 0 unspecified atom stereocenters. The minimum absolute atomic E-state index is 0.0502. The molecule has 8 heteroatoms. The summed E-state index contributed by atoms with van der Waals surface area (Å²) >= 11 is 0. The molecular formula is C6H9F2N5O. The van der Waals surface area contributed by atoms with Crippen LogP contribution in [0.5, 0.6) is 5.88 Å². The van der Waals surface area contributed by atoms with E-state index in [9.17, 15) is 8.78 Å². The van der Waals surface area contributed by atoms with Gasteiger partial charge in [-0.1, -0.05) is 0 Å². The fraction of sp³-hybridized carbons (Fsp3) is 0.333. The average Bonchev–Trinajstić information content (AvgIpc) is 2.14. The van der Waals surface area contributed by atoms with Crippen molar-refractivity contribution in [3.05, 3.63) is 6.07 Å². The first-order valence-corrected chi connectivity index (χ1v) is 3.64. The van der Waals surface area contributed by atoms with Gasteiger partial charge >= 0.3 is 0 Å². The molecule has 0 radical (unpaired) electrons. The quantitative estimate of drug-likeness (QED) is 0.472. The fourth-order valence-corrected chi connectivity index (χ4v) is 0.739. The molecule has 78 valence electrons. The van der Waals surface area contributed by atoms with Crippen molar-refractivity contribution in [2.24, 2.45) is 5.84 Å². The van der Waals surface area contributed by atoms with Crippen LogP contribution < -0.4 is 21.7 Å². The van der Waals surface area contributed by atoms with Gasteiger partial charge in [0.05, 0.1) is 0 Å². The van der Waals surface area contributed by atoms with E-state index in [1.54, 1.807) is 0 Å². The van der Waals surface area contributed by atoms with E-state index in [2.05, 4.69) is 20.1 Å². The molecule has 5 N–H and O–H groups in total. The van der Waals surface area contributed by atoms with Gasteiger partial charge in [-0.2, -0.15) is 9.97 Å². The SMILES string of the molecule is NNc1cc(OCC(F)F)nc(N)n1. The molecule has 0 aliphatic rings. The molecule has 6 nitrogen and oxygen atoms in total. The summed E-state index contributed by atoms with van der Waals surface area (Å²) in [7, 11) is 0. The van der Waals surface area contributed by atoms with Crippen molar-refractivity contribution >= 4 is 11.8 Å². The van der Waals surface area contributed by atoms with Gasteiger partial charge in [0, 0.05) is 6.07 Å². The molecule has 0 saturated carbocycles. The highest BCUT2D eigenvalue weighted by molar-refractivity contribution is 5.41. The maximum Gasteiger partial charge on any atom is 0.272 e. The van der Waals surface area contributed by atoms with Crippen LogP contribution in [-0.4, -0.2) is 23.0 Å². The van der Waals surface area contributed by atoms with Crippen molar-refractivity contribution in [1.29, 1.82) is 0 Å². The van der Waals surface area contributed by atoms with E-state index in [1.165, 1.54) is 6.07 Å². The van der Waals surface area contributed by atoms with Gasteiger partial charge in [0.1, 0.15) is 5.82 Å². The van der Waals surface area contributed by atoms with Gasteiger partial charge in [-0.15, -0.1) is 0 Å².